The third-order valence-corrected chi connectivity index (χ3v) is 23.0. The second-order valence-corrected chi connectivity index (χ2v) is 29.2. The molecule has 0 aliphatic heterocycles. The van der Waals surface area contributed by atoms with E-state index in [-0.39, 0.29) is 0 Å². The van der Waals surface area contributed by atoms with Crippen LogP contribution in [0.25, 0.3) is 218 Å². The van der Waals surface area contributed by atoms with Crippen molar-refractivity contribution in [3.05, 3.63) is 425 Å². The third kappa shape index (κ3) is 10.9. The van der Waals surface area contributed by atoms with E-state index < -0.39 is 0 Å². The molecule has 0 saturated heterocycles. The normalized spacial score (nSPS) is 11.6. The molecule has 0 N–H and O–H groups in total. The van der Waals surface area contributed by atoms with Gasteiger partial charge in [0, 0.05) is 0 Å². The number of hydrogen-bond donors (Lipinski definition) is 0. The molecule has 0 heterocycles. The molecule has 0 spiro atoms. The Morgan fingerprint density at radius 1 is 0.0909 bits per heavy atom. The summed E-state index contributed by atoms with van der Waals surface area (Å²) in [5.41, 5.74) is 15.0. The second-order valence-electron chi connectivity index (χ2n) is 29.2. The molecular formula is C110H70. The zero-order valence-electron chi connectivity index (χ0n) is 60.4. The highest BCUT2D eigenvalue weighted by atomic mass is 14.2. The average Bonchev–Trinajstić information content (AvgIpc) is 0.729. The van der Waals surface area contributed by atoms with Gasteiger partial charge in [0.1, 0.15) is 0 Å². The van der Waals surface area contributed by atoms with E-state index in [1.54, 1.807) is 0 Å². The first-order valence-corrected chi connectivity index (χ1v) is 38.2. The predicted molar refractivity (Wildman–Crippen MR) is 477 cm³/mol. The Morgan fingerprint density at radius 3 is 0.709 bits per heavy atom. The van der Waals surface area contributed by atoms with Crippen LogP contribution in [0, 0.1) is 0 Å². The van der Waals surface area contributed by atoms with Crippen molar-refractivity contribution in [3.63, 3.8) is 0 Å². The van der Waals surface area contributed by atoms with Crippen LogP contribution in [-0.4, -0.2) is 0 Å². The summed E-state index contributed by atoms with van der Waals surface area (Å²) in [5, 5.41) is 36.6. The summed E-state index contributed by atoms with van der Waals surface area (Å²) in [4.78, 5) is 0. The van der Waals surface area contributed by atoms with Gasteiger partial charge in [0.2, 0.25) is 0 Å². The molecule has 0 fully saturated rings. The van der Waals surface area contributed by atoms with Crippen molar-refractivity contribution in [2.24, 2.45) is 0 Å². The summed E-state index contributed by atoms with van der Waals surface area (Å²) in [6.07, 6.45) is 0. The SMILES string of the molecule is c1ccc(-c2cccc(-c3cc4c5ccccc5c5c6ccccc6ccc5c4c4ccccc34)c2)cc1.c1ccc(-c2cccc(-c3cc4c5ccccc5c5cc6ccccc6cc5c4c4ccccc34)c2)cc1.c1ccc(-c2cccc(-c3cc4c5ccccc5c5ccccc5c4c4ccccc34)c2)cc1. The molecule has 0 unspecified atom stereocenters. The molecule has 0 bridgehead atoms. The number of rotatable bonds is 6. The van der Waals surface area contributed by atoms with Crippen molar-refractivity contribution in [2.75, 3.05) is 0 Å². The Labute approximate surface area is 637 Å². The standard InChI is InChI=1S/2C38H24.C34H22/c1-2-11-25(12-3-1)27-14-10-15-28(23-27)35-24-36-31-18-7-9-20-33(31)37-29-16-5-4-13-26(29)21-22-34(37)38(36)32-19-8-6-17-30(32)35;1-2-11-25(12-3-1)26-15-10-16-29(21-26)34-24-37-31-18-7-6-17-30(31)35-22-27-13-4-5-14-28(27)23-36(35)38(37)33-20-9-8-19-32(33)34;1-2-11-23(12-3-1)24-13-10-14-25(21-24)32-22-33-28-17-5-4-15-26(28)27-16-6-8-19-30(27)34(33)31-20-9-7-18-29(31)32/h2*1-24H;1-22H. The summed E-state index contributed by atoms with van der Waals surface area (Å²) < 4.78 is 0. The van der Waals surface area contributed by atoms with Crippen molar-refractivity contribution in [1.29, 1.82) is 0 Å². The lowest BCUT2D eigenvalue weighted by Crippen LogP contribution is -1.90. The molecule has 0 amide bonds. The topological polar surface area (TPSA) is 0 Å². The summed E-state index contributed by atoms with van der Waals surface area (Å²) >= 11 is 0. The van der Waals surface area contributed by atoms with Crippen molar-refractivity contribution < 1.29 is 0 Å². The maximum Gasteiger partial charge on any atom is -0.00197 e. The minimum atomic E-state index is 1.24. The van der Waals surface area contributed by atoms with Crippen molar-refractivity contribution >= 4 is 151 Å². The van der Waals surface area contributed by atoms with E-state index in [1.165, 1.54) is 218 Å². The monoisotopic (exact) mass is 1390 g/mol. The number of fused-ring (bicyclic) bond motifs is 27. The molecule has 23 aromatic carbocycles. The number of benzene rings is 23. The van der Waals surface area contributed by atoms with E-state index in [0.29, 0.717) is 0 Å². The van der Waals surface area contributed by atoms with Crippen LogP contribution in [0.2, 0.25) is 0 Å². The Kier molecular flexibility index (Phi) is 15.7. The highest BCUT2D eigenvalue weighted by Gasteiger charge is 2.21. The first-order valence-electron chi connectivity index (χ1n) is 38.2. The van der Waals surface area contributed by atoms with Crippen molar-refractivity contribution in [1.82, 2.24) is 0 Å². The van der Waals surface area contributed by atoms with E-state index in [1.807, 2.05) is 0 Å². The molecule has 0 atom stereocenters. The highest BCUT2D eigenvalue weighted by molar-refractivity contribution is 6.38. The summed E-state index contributed by atoms with van der Waals surface area (Å²) in [7, 11) is 0. The third-order valence-electron chi connectivity index (χ3n) is 23.0. The molecule has 510 valence electrons. The smallest absolute Gasteiger partial charge is 0.00197 e. The van der Waals surface area contributed by atoms with Crippen LogP contribution in [0.1, 0.15) is 0 Å². The molecule has 0 saturated carbocycles. The van der Waals surface area contributed by atoms with Gasteiger partial charge in [-0.15, -0.1) is 0 Å². The van der Waals surface area contributed by atoms with Crippen molar-refractivity contribution in [2.45, 2.75) is 0 Å². The lowest BCUT2D eigenvalue weighted by Gasteiger charge is -2.17. The molecular weight excluding hydrogens is 1320 g/mol. The minimum Gasteiger partial charge on any atom is -0.0622 e. The maximum absolute atomic E-state index is 2.43. The molecule has 0 radical (unpaired) electrons. The fourth-order valence-electron chi connectivity index (χ4n) is 18.1. The van der Waals surface area contributed by atoms with Gasteiger partial charge < -0.3 is 0 Å². The largest absolute Gasteiger partial charge is 0.0622 e. The van der Waals surface area contributed by atoms with Crippen LogP contribution in [0.5, 0.6) is 0 Å². The predicted octanol–water partition coefficient (Wildman–Crippen LogP) is 31.2. The molecule has 23 aromatic rings. The van der Waals surface area contributed by atoms with Gasteiger partial charge in [-0.3, -0.25) is 0 Å². The number of hydrogen-bond acceptors (Lipinski definition) is 0. The van der Waals surface area contributed by atoms with Crippen LogP contribution in [0.3, 0.4) is 0 Å². The van der Waals surface area contributed by atoms with E-state index in [9.17, 15) is 0 Å². The Morgan fingerprint density at radius 2 is 0.318 bits per heavy atom. The van der Waals surface area contributed by atoms with E-state index in [4.69, 9.17) is 0 Å². The van der Waals surface area contributed by atoms with Gasteiger partial charge in [0.25, 0.3) is 0 Å². The van der Waals surface area contributed by atoms with Gasteiger partial charge in [0.05, 0.1) is 0 Å². The van der Waals surface area contributed by atoms with Crippen LogP contribution >= 0.6 is 0 Å². The van der Waals surface area contributed by atoms with Crippen LogP contribution in [-0.2, 0) is 0 Å². The Hall–Kier alpha value is -14.3. The first-order chi connectivity index (χ1) is 54.6. The van der Waals surface area contributed by atoms with Crippen molar-refractivity contribution in [3.8, 4) is 66.8 Å². The zero-order chi connectivity index (χ0) is 72.6. The van der Waals surface area contributed by atoms with E-state index >= 15 is 0 Å². The summed E-state index contributed by atoms with van der Waals surface area (Å²) in [6.45, 7) is 0. The van der Waals surface area contributed by atoms with E-state index in [2.05, 4.69) is 425 Å². The fraction of sp³-hybridized carbons (Fsp3) is 0. The fourth-order valence-corrected chi connectivity index (χ4v) is 18.1. The first kappa shape index (κ1) is 64.1. The maximum atomic E-state index is 2.43. The van der Waals surface area contributed by atoms with Crippen LogP contribution < -0.4 is 0 Å². The molecule has 110 heavy (non-hydrogen) atoms. The summed E-state index contributed by atoms with van der Waals surface area (Å²) in [6, 6.07) is 155. The molecule has 0 aliphatic rings. The molecule has 0 aromatic heterocycles. The van der Waals surface area contributed by atoms with Gasteiger partial charge in [-0.1, -0.05) is 376 Å². The molecule has 0 heteroatoms. The Bertz CT molecular complexity index is 7450. The summed E-state index contributed by atoms with van der Waals surface area (Å²) in [5.74, 6) is 0. The molecule has 0 aliphatic carbocycles. The molecule has 23 rings (SSSR count). The van der Waals surface area contributed by atoms with Gasteiger partial charge in [0.15, 0.2) is 0 Å². The minimum absolute atomic E-state index is 1.24. The van der Waals surface area contributed by atoms with Gasteiger partial charge >= 0.3 is 0 Å². The quantitative estimate of drug-likeness (QED) is 0.115. The molecule has 0 nitrogen and oxygen atoms in total. The lowest BCUT2D eigenvalue weighted by atomic mass is 9.86. The highest BCUT2D eigenvalue weighted by Crippen LogP contribution is 2.49. The van der Waals surface area contributed by atoms with Gasteiger partial charge in [-0.25, -0.2) is 0 Å². The van der Waals surface area contributed by atoms with E-state index in [0.717, 1.165) is 0 Å². The van der Waals surface area contributed by atoms with Gasteiger partial charge in [-0.05, 0) is 266 Å². The van der Waals surface area contributed by atoms with Gasteiger partial charge in [-0.2, -0.15) is 0 Å². The lowest BCUT2D eigenvalue weighted by molar-refractivity contribution is 1.61. The van der Waals surface area contributed by atoms with Crippen LogP contribution in [0.15, 0.2) is 425 Å². The second kappa shape index (κ2) is 26.9. The zero-order valence-corrected chi connectivity index (χ0v) is 60.4. The average molecular weight is 1390 g/mol. The Balaban J connectivity index is 0.000000105. The van der Waals surface area contributed by atoms with Crippen LogP contribution in [0.4, 0.5) is 0 Å².